The van der Waals surface area contributed by atoms with Gasteiger partial charge in [0.1, 0.15) is 0 Å². The van der Waals surface area contributed by atoms with E-state index < -0.39 is 10.0 Å². The lowest BCUT2D eigenvalue weighted by molar-refractivity contribution is -0.118. The highest BCUT2D eigenvalue weighted by Gasteiger charge is 2.28. The maximum Gasteiger partial charge on any atom is 0.243 e. The molecule has 0 aliphatic carbocycles. The second-order valence-corrected chi connectivity index (χ2v) is 9.18. The summed E-state index contributed by atoms with van der Waals surface area (Å²) in [5.74, 6) is 0.0491. The van der Waals surface area contributed by atoms with E-state index in [1.807, 2.05) is 38.1 Å². The van der Waals surface area contributed by atoms with E-state index in [4.69, 9.17) is 11.6 Å². The number of anilines is 1. The number of halogens is 1. The molecule has 0 saturated carbocycles. The van der Waals surface area contributed by atoms with Crippen LogP contribution in [0.25, 0.3) is 0 Å². The first-order valence-corrected chi connectivity index (χ1v) is 11.4. The van der Waals surface area contributed by atoms with Crippen LogP contribution >= 0.6 is 11.6 Å². The molecule has 150 valence electrons. The molecule has 0 radical (unpaired) electrons. The molecular formula is C21H25ClN2O3S. The SMILES string of the molecule is CCN(CC)S(=O)(=O)c1ccc2c(c1)CCN2C(=O)CCc1ccc(Cl)cc1. The quantitative estimate of drug-likeness (QED) is 0.682. The van der Waals surface area contributed by atoms with E-state index in [1.54, 1.807) is 23.1 Å². The summed E-state index contributed by atoms with van der Waals surface area (Å²) in [5, 5.41) is 0.680. The lowest BCUT2D eigenvalue weighted by Gasteiger charge is -2.20. The number of carbonyl (C=O) groups excluding carboxylic acids is 1. The minimum Gasteiger partial charge on any atom is -0.312 e. The van der Waals surface area contributed by atoms with Gasteiger partial charge in [0, 0.05) is 36.8 Å². The maximum atomic E-state index is 12.7. The molecule has 5 nitrogen and oxygen atoms in total. The second-order valence-electron chi connectivity index (χ2n) is 6.80. The van der Waals surface area contributed by atoms with Gasteiger partial charge in [-0.1, -0.05) is 37.6 Å². The predicted octanol–water partition coefficient (Wildman–Crippen LogP) is 3.89. The van der Waals surface area contributed by atoms with Crippen LogP contribution in [0, 0.1) is 0 Å². The van der Waals surface area contributed by atoms with Crippen molar-refractivity contribution in [1.82, 2.24) is 4.31 Å². The third kappa shape index (κ3) is 4.24. The van der Waals surface area contributed by atoms with Crippen LogP contribution in [0.1, 0.15) is 31.4 Å². The number of sulfonamides is 1. The van der Waals surface area contributed by atoms with Crippen LogP contribution in [0.5, 0.6) is 0 Å². The molecule has 0 atom stereocenters. The minimum absolute atomic E-state index is 0.0491. The third-order valence-electron chi connectivity index (χ3n) is 5.13. The molecule has 0 bridgehead atoms. The zero-order chi connectivity index (χ0) is 20.3. The van der Waals surface area contributed by atoms with Gasteiger partial charge in [-0.05, 0) is 54.3 Å². The molecule has 1 aliphatic heterocycles. The Morgan fingerprint density at radius 3 is 2.43 bits per heavy atom. The number of amides is 1. The Kier molecular flexibility index (Phi) is 6.43. The Bertz CT molecular complexity index is 954. The first kappa shape index (κ1) is 20.8. The fourth-order valence-corrected chi connectivity index (χ4v) is 5.18. The van der Waals surface area contributed by atoms with Gasteiger partial charge < -0.3 is 4.90 Å². The van der Waals surface area contributed by atoms with E-state index in [0.717, 1.165) is 16.8 Å². The van der Waals surface area contributed by atoms with E-state index in [0.29, 0.717) is 48.8 Å². The zero-order valence-electron chi connectivity index (χ0n) is 16.2. The van der Waals surface area contributed by atoms with Crippen LogP contribution < -0.4 is 4.90 Å². The molecule has 2 aromatic rings. The zero-order valence-corrected chi connectivity index (χ0v) is 17.8. The highest BCUT2D eigenvalue weighted by atomic mass is 35.5. The Morgan fingerprint density at radius 2 is 1.79 bits per heavy atom. The summed E-state index contributed by atoms with van der Waals surface area (Å²) < 4.78 is 26.9. The monoisotopic (exact) mass is 420 g/mol. The molecule has 0 saturated heterocycles. The van der Waals surface area contributed by atoms with E-state index in [1.165, 1.54) is 4.31 Å². The van der Waals surface area contributed by atoms with Crippen LogP contribution in [0.15, 0.2) is 47.4 Å². The van der Waals surface area contributed by atoms with Crippen molar-refractivity contribution in [2.75, 3.05) is 24.5 Å². The number of hydrogen-bond donors (Lipinski definition) is 0. The number of carbonyl (C=O) groups is 1. The summed E-state index contributed by atoms with van der Waals surface area (Å²) in [6.45, 7) is 5.12. The van der Waals surface area contributed by atoms with Crippen molar-refractivity contribution in [3.05, 3.63) is 58.6 Å². The number of nitrogens with zero attached hydrogens (tertiary/aromatic N) is 2. The number of aryl methyl sites for hydroxylation is 1. The molecule has 28 heavy (non-hydrogen) atoms. The maximum absolute atomic E-state index is 12.7. The van der Waals surface area contributed by atoms with Gasteiger partial charge in [0.05, 0.1) is 4.90 Å². The van der Waals surface area contributed by atoms with Crippen molar-refractivity contribution in [2.45, 2.75) is 38.0 Å². The fourth-order valence-electron chi connectivity index (χ4n) is 3.55. The van der Waals surface area contributed by atoms with Crippen molar-refractivity contribution in [2.24, 2.45) is 0 Å². The number of fused-ring (bicyclic) bond motifs is 1. The highest BCUT2D eigenvalue weighted by molar-refractivity contribution is 7.89. The number of benzene rings is 2. The molecule has 1 aliphatic rings. The Labute approximate surface area is 172 Å². The van der Waals surface area contributed by atoms with Crippen LogP contribution in [-0.4, -0.2) is 38.3 Å². The molecule has 0 unspecified atom stereocenters. The standard InChI is InChI=1S/C21H25ClN2O3S/c1-3-23(4-2)28(26,27)19-10-11-20-17(15-19)13-14-24(20)21(25)12-7-16-5-8-18(22)9-6-16/h5-6,8-11,15H,3-4,7,12-14H2,1-2H3. The topological polar surface area (TPSA) is 57.7 Å². The number of rotatable bonds is 7. The number of hydrogen-bond acceptors (Lipinski definition) is 3. The average Bonchev–Trinajstić information content (AvgIpc) is 3.11. The molecule has 1 amide bonds. The van der Waals surface area contributed by atoms with Crippen LogP contribution in [0.2, 0.25) is 5.02 Å². The summed E-state index contributed by atoms with van der Waals surface area (Å²) >= 11 is 5.90. The van der Waals surface area contributed by atoms with Crippen LogP contribution in [0.4, 0.5) is 5.69 Å². The second kappa shape index (κ2) is 8.64. The van der Waals surface area contributed by atoms with Crippen molar-refractivity contribution >= 4 is 33.2 Å². The van der Waals surface area contributed by atoms with Gasteiger partial charge in [0.15, 0.2) is 0 Å². The summed E-state index contributed by atoms with van der Waals surface area (Å²) in [7, 11) is -3.49. The molecule has 0 N–H and O–H groups in total. The summed E-state index contributed by atoms with van der Waals surface area (Å²) in [4.78, 5) is 14.8. The minimum atomic E-state index is -3.49. The highest BCUT2D eigenvalue weighted by Crippen LogP contribution is 2.31. The van der Waals surface area contributed by atoms with E-state index >= 15 is 0 Å². The first-order chi connectivity index (χ1) is 13.4. The van der Waals surface area contributed by atoms with Crippen molar-refractivity contribution in [3.63, 3.8) is 0 Å². The lowest BCUT2D eigenvalue weighted by atomic mass is 10.1. The Balaban J connectivity index is 1.73. The van der Waals surface area contributed by atoms with Gasteiger partial charge in [0.2, 0.25) is 15.9 Å². The molecular weight excluding hydrogens is 396 g/mol. The van der Waals surface area contributed by atoms with Crippen LogP contribution in [-0.2, 0) is 27.7 Å². The van der Waals surface area contributed by atoms with Crippen molar-refractivity contribution in [1.29, 1.82) is 0 Å². The average molecular weight is 421 g/mol. The molecule has 3 rings (SSSR count). The molecule has 2 aromatic carbocycles. The first-order valence-electron chi connectivity index (χ1n) is 9.54. The van der Waals surface area contributed by atoms with E-state index in [2.05, 4.69) is 0 Å². The fraction of sp³-hybridized carbons (Fsp3) is 0.381. The van der Waals surface area contributed by atoms with Gasteiger partial charge in [-0.25, -0.2) is 8.42 Å². The van der Waals surface area contributed by atoms with Crippen molar-refractivity contribution < 1.29 is 13.2 Å². The van der Waals surface area contributed by atoms with Gasteiger partial charge in [-0.15, -0.1) is 0 Å². The van der Waals surface area contributed by atoms with Gasteiger partial charge in [-0.2, -0.15) is 4.31 Å². The predicted molar refractivity (Wildman–Crippen MR) is 112 cm³/mol. The molecule has 1 heterocycles. The summed E-state index contributed by atoms with van der Waals surface area (Å²) in [5.41, 5.74) is 2.80. The Morgan fingerprint density at radius 1 is 1.11 bits per heavy atom. The summed E-state index contributed by atoms with van der Waals surface area (Å²) in [6, 6.07) is 12.6. The van der Waals surface area contributed by atoms with Gasteiger partial charge in [0.25, 0.3) is 0 Å². The molecule has 0 fully saturated rings. The largest absolute Gasteiger partial charge is 0.312 e. The van der Waals surface area contributed by atoms with E-state index in [-0.39, 0.29) is 5.91 Å². The Hall–Kier alpha value is -1.89. The lowest BCUT2D eigenvalue weighted by Crippen LogP contribution is -2.30. The molecule has 0 aromatic heterocycles. The normalized spacial score (nSPS) is 13.8. The molecule has 7 heteroatoms. The summed E-state index contributed by atoms with van der Waals surface area (Å²) in [6.07, 6.45) is 1.72. The van der Waals surface area contributed by atoms with Gasteiger partial charge >= 0.3 is 0 Å². The van der Waals surface area contributed by atoms with Gasteiger partial charge in [-0.3, -0.25) is 4.79 Å². The van der Waals surface area contributed by atoms with E-state index in [9.17, 15) is 13.2 Å². The smallest absolute Gasteiger partial charge is 0.243 e. The molecule has 0 spiro atoms. The third-order valence-corrected chi connectivity index (χ3v) is 7.43. The van der Waals surface area contributed by atoms with Crippen LogP contribution in [0.3, 0.4) is 0 Å². The van der Waals surface area contributed by atoms with Crippen molar-refractivity contribution in [3.8, 4) is 0 Å².